The van der Waals surface area contributed by atoms with Crippen LogP contribution in [0.5, 0.6) is 0 Å². The SMILES string of the molecule is C[C@@H](C#N)C[C@@H](NC(=O)CC1CCCC1)C(N)=O. The Kier molecular flexibility index (Phi) is 5.63. The molecule has 1 aliphatic rings. The lowest BCUT2D eigenvalue weighted by molar-refractivity contribution is -0.128. The molecule has 0 aromatic carbocycles. The number of rotatable bonds is 6. The fourth-order valence-corrected chi connectivity index (χ4v) is 2.38. The van der Waals surface area contributed by atoms with Gasteiger partial charge in [-0.25, -0.2) is 0 Å². The van der Waals surface area contributed by atoms with Crippen molar-refractivity contribution in [2.45, 2.75) is 51.5 Å². The van der Waals surface area contributed by atoms with E-state index >= 15 is 0 Å². The van der Waals surface area contributed by atoms with E-state index in [-0.39, 0.29) is 18.2 Å². The van der Waals surface area contributed by atoms with Gasteiger partial charge in [-0.1, -0.05) is 12.8 Å². The number of amides is 2. The predicted molar refractivity (Wildman–Crippen MR) is 67.1 cm³/mol. The molecule has 0 heterocycles. The molecule has 2 amide bonds. The summed E-state index contributed by atoms with van der Waals surface area (Å²) in [6, 6.07) is 1.31. The number of nitrogens with zero attached hydrogens (tertiary/aromatic N) is 1. The van der Waals surface area contributed by atoms with Gasteiger partial charge >= 0.3 is 0 Å². The van der Waals surface area contributed by atoms with Gasteiger partial charge in [0.1, 0.15) is 6.04 Å². The van der Waals surface area contributed by atoms with E-state index in [9.17, 15) is 9.59 Å². The number of nitrogens with two attached hydrogens (primary N) is 1. The van der Waals surface area contributed by atoms with Gasteiger partial charge in [0.05, 0.1) is 6.07 Å². The Morgan fingerprint density at radius 3 is 2.56 bits per heavy atom. The van der Waals surface area contributed by atoms with Crippen molar-refractivity contribution in [1.29, 1.82) is 5.26 Å². The lowest BCUT2D eigenvalue weighted by Crippen LogP contribution is -2.45. The topological polar surface area (TPSA) is 96.0 Å². The summed E-state index contributed by atoms with van der Waals surface area (Å²) in [5, 5.41) is 11.4. The lowest BCUT2D eigenvalue weighted by Gasteiger charge is -2.17. The third-order valence-corrected chi connectivity index (χ3v) is 3.44. The highest BCUT2D eigenvalue weighted by atomic mass is 16.2. The van der Waals surface area contributed by atoms with Crippen LogP contribution < -0.4 is 11.1 Å². The average Bonchev–Trinajstić information content (AvgIpc) is 2.80. The third-order valence-electron chi connectivity index (χ3n) is 3.44. The van der Waals surface area contributed by atoms with Gasteiger partial charge in [-0.3, -0.25) is 9.59 Å². The van der Waals surface area contributed by atoms with Crippen LogP contribution in [-0.4, -0.2) is 17.9 Å². The van der Waals surface area contributed by atoms with Crippen molar-refractivity contribution in [1.82, 2.24) is 5.32 Å². The monoisotopic (exact) mass is 251 g/mol. The average molecular weight is 251 g/mol. The second kappa shape index (κ2) is 7.00. The molecule has 0 aromatic heterocycles. The molecule has 0 spiro atoms. The molecule has 0 unspecified atom stereocenters. The van der Waals surface area contributed by atoms with Crippen molar-refractivity contribution in [2.75, 3.05) is 0 Å². The molecule has 18 heavy (non-hydrogen) atoms. The number of carbonyl (C=O) groups excluding carboxylic acids is 2. The maximum atomic E-state index is 11.8. The summed E-state index contributed by atoms with van der Waals surface area (Å²) in [6.45, 7) is 1.71. The van der Waals surface area contributed by atoms with Gasteiger partial charge in [-0.15, -0.1) is 0 Å². The Hall–Kier alpha value is -1.57. The molecule has 1 fully saturated rings. The van der Waals surface area contributed by atoms with Gasteiger partial charge < -0.3 is 11.1 Å². The van der Waals surface area contributed by atoms with Crippen LogP contribution in [0, 0.1) is 23.2 Å². The highest BCUT2D eigenvalue weighted by Gasteiger charge is 2.23. The predicted octanol–water partition coefficient (Wildman–Crippen LogP) is 1.09. The van der Waals surface area contributed by atoms with E-state index in [1.807, 2.05) is 6.07 Å². The largest absolute Gasteiger partial charge is 0.368 e. The van der Waals surface area contributed by atoms with Gasteiger partial charge in [-0.05, 0) is 32.1 Å². The molecule has 100 valence electrons. The van der Waals surface area contributed by atoms with Gasteiger partial charge in [-0.2, -0.15) is 5.26 Å². The summed E-state index contributed by atoms with van der Waals surface area (Å²) in [7, 11) is 0. The zero-order valence-corrected chi connectivity index (χ0v) is 10.8. The minimum Gasteiger partial charge on any atom is -0.368 e. The molecule has 0 aromatic rings. The Labute approximate surface area is 108 Å². The second-order valence-electron chi connectivity index (χ2n) is 5.14. The quantitative estimate of drug-likeness (QED) is 0.739. The minimum absolute atomic E-state index is 0.129. The lowest BCUT2D eigenvalue weighted by atomic mass is 10.0. The van der Waals surface area contributed by atoms with E-state index in [4.69, 9.17) is 11.0 Å². The Morgan fingerprint density at radius 2 is 2.06 bits per heavy atom. The number of nitrogens with one attached hydrogen (secondary N) is 1. The molecule has 1 rings (SSSR count). The van der Waals surface area contributed by atoms with Crippen molar-refractivity contribution in [2.24, 2.45) is 17.6 Å². The van der Waals surface area contributed by atoms with Crippen molar-refractivity contribution in [3.63, 3.8) is 0 Å². The molecule has 0 saturated heterocycles. The van der Waals surface area contributed by atoms with Crippen LogP contribution in [0.25, 0.3) is 0 Å². The molecule has 0 bridgehead atoms. The number of hydrogen-bond donors (Lipinski definition) is 2. The highest BCUT2D eigenvalue weighted by Crippen LogP contribution is 2.27. The summed E-state index contributed by atoms with van der Waals surface area (Å²) in [5.41, 5.74) is 5.23. The van der Waals surface area contributed by atoms with E-state index in [2.05, 4.69) is 5.32 Å². The summed E-state index contributed by atoms with van der Waals surface area (Å²) >= 11 is 0. The first-order chi connectivity index (χ1) is 8.52. The zero-order valence-electron chi connectivity index (χ0n) is 10.8. The van der Waals surface area contributed by atoms with E-state index < -0.39 is 11.9 Å². The molecule has 1 saturated carbocycles. The number of carbonyl (C=O) groups is 2. The van der Waals surface area contributed by atoms with E-state index in [1.165, 1.54) is 12.8 Å². The fraction of sp³-hybridized carbons (Fsp3) is 0.769. The van der Waals surface area contributed by atoms with Crippen LogP contribution in [0.1, 0.15) is 45.4 Å². The van der Waals surface area contributed by atoms with Crippen molar-refractivity contribution < 1.29 is 9.59 Å². The summed E-state index contributed by atoms with van der Waals surface area (Å²) in [4.78, 5) is 23.0. The molecule has 0 aliphatic heterocycles. The van der Waals surface area contributed by atoms with Crippen molar-refractivity contribution >= 4 is 11.8 Å². The third kappa shape index (κ3) is 4.74. The number of nitriles is 1. The molecule has 3 N–H and O–H groups in total. The van der Waals surface area contributed by atoms with Gasteiger partial charge in [0.2, 0.25) is 11.8 Å². The molecule has 2 atom stereocenters. The van der Waals surface area contributed by atoms with Crippen molar-refractivity contribution in [3.05, 3.63) is 0 Å². The zero-order chi connectivity index (χ0) is 13.5. The maximum absolute atomic E-state index is 11.8. The summed E-state index contributed by atoms with van der Waals surface area (Å²) in [6.07, 6.45) is 5.28. The molecule has 5 heteroatoms. The van der Waals surface area contributed by atoms with Crippen molar-refractivity contribution in [3.8, 4) is 6.07 Å². The molecular weight excluding hydrogens is 230 g/mol. The normalized spacial score (nSPS) is 18.9. The number of hydrogen-bond acceptors (Lipinski definition) is 3. The summed E-state index contributed by atoms with van der Waals surface area (Å²) in [5.74, 6) is -0.561. The first-order valence-corrected chi connectivity index (χ1v) is 6.51. The van der Waals surface area contributed by atoms with Crippen LogP contribution in [-0.2, 0) is 9.59 Å². The molecule has 0 radical (unpaired) electrons. The Balaban J connectivity index is 2.42. The number of primary amides is 1. The van der Waals surface area contributed by atoms with Crippen LogP contribution >= 0.6 is 0 Å². The van der Waals surface area contributed by atoms with Gasteiger partial charge in [0, 0.05) is 12.3 Å². The van der Waals surface area contributed by atoms with Crippen LogP contribution in [0.3, 0.4) is 0 Å². The molecular formula is C13H21N3O2. The molecule has 1 aliphatic carbocycles. The van der Waals surface area contributed by atoms with E-state index in [1.54, 1.807) is 6.92 Å². The Bertz CT molecular complexity index is 343. The first-order valence-electron chi connectivity index (χ1n) is 6.51. The molecule has 5 nitrogen and oxygen atoms in total. The second-order valence-corrected chi connectivity index (χ2v) is 5.14. The Morgan fingerprint density at radius 1 is 1.44 bits per heavy atom. The van der Waals surface area contributed by atoms with E-state index in [0.29, 0.717) is 12.3 Å². The smallest absolute Gasteiger partial charge is 0.240 e. The van der Waals surface area contributed by atoms with Crippen LogP contribution in [0.4, 0.5) is 0 Å². The highest BCUT2D eigenvalue weighted by molar-refractivity contribution is 5.86. The minimum atomic E-state index is -0.728. The summed E-state index contributed by atoms with van der Waals surface area (Å²) < 4.78 is 0. The van der Waals surface area contributed by atoms with Gasteiger partial charge in [0.25, 0.3) is 0 Å². The van der Waals surface area contributed by atoms with E-state index in [0.717, 1.165) is 12.8 Å². The first kappa shape index (κ1) is 14.5. The van der Waals surface area contributed by atoms with Gasteiger partial charge in [0.15, 0.2) is 0 Å². The van der Waals surface area contributed by atoms with Crippen LogP contribution in [0.2, 0.25) is 0 Å². The van der Waals surface area contributed by atoms with Crippen LogP contribution in [0.15, 0.2) is 0 Å². The maximum Gasteiger partial charge on any atom is 0.240 e. The standard InChI is InChI=1S/C13H21N3O2/c1-9(8-14)6-11(13(15)18)16-12(17)7-10-4-2-3-5-10/h9-11H,2-7H2,1H3,(H2,15,18)(H,16,17)/t9-,11-/m1/s1. The fourth-order valence-electron chi connectivity index (χ4n) is 2.38.